The molecule has 0 rings (SSSR count). The molecule has 0 aliphatic heterocycles. The van der Waals surface area contributed by atoms with E-state index >= 15 is 0 Å². The van der Waals surface area contributed by atoms with Gasteiger partial charge in [-0.15, -0.1) is 0 Å². The molecule has 0 fully saturated rings. The molecule has 3 unspecified atom stereocenters. The molecule has 0 heterocycles. The molecule has 9 nitrogen and oxygen atoms in total. The van der Waals surface area contributed by atoms with Gasteiger partial charge in [-0.05, 0) is 31.8 Å². The number of quaternary nitrogens is 1. The number of esters is 1. The average molecular weight is 999 g/mol. The van der Waals surface area contributed by atoms with Crippen molar-refractivity contribution in [1.29, 1.82) is 0 Å². The summed E-state index contributed by atoms with van der Waals surface area (Å²) in [6.45, 7) is 7.04. The number of allylic oxidation sites excluding steroid dienone is 1. The van der Waals surface area contributed by atoms with Crippen LogP contribution in [0.1, 0.15) is 303 Å². The van der Waals surface area contributed by atoms with Gasteiger partial charge in [-0.25, -0.2) is 4.57 Å². The fourth-order valence-corrected chi connectivity index (χ4v) is 9.80. The van der Waals surface area contributed by atoms with Gasteiger partial charge in [-0.2, -0.15) is 0 Å². The van der Waals surface area contributed by atoms with E-state index in [1.165, 1.54) is 212 Å². The van der Waals surface area contributed by atoms with Gasteiger partial charge in [0.05, 0.1) is 33.8 Å². The Morgan fingerprint density at radius 3 is 1.19 bits per heavy atom. The van der Waals surface area contributed by atoms with Crippen LogP contribution in [0.15, 0.2) is 12.2 Å². The number of carbonyl (C=O) groups is 2. The number of rotatable bonds is 55. The van der Waals surface area contributed by atoms with E-state index in [0.29, 0.717) is 23.9 Å². The summed E-state index contributed by atoms with van der Waals surface area (Å²) in [5.74, 6) is -0.488. The van der Waals surface area contributed by atoms with Gasteiger partial charge in [0.25, 0.3) is 0 Å². The van der Waals surface area contributed by atoms with Crippen LogP contribution in [0.3, 0.4) is 0 Å². The summed E-state index contributed by atoms with van der Waals surface area (Å²) in [5, 5.41) is 3.05. The number of unbranched alkanes of at least 4 members (excludes halogenated alkanes) is 39. The molecule has 0 bridgehead atoms. The van der Waals surface area contributed by atoms with Crippen molar-refractivity contribution in [2.45, 2.75) is 315 Å². The quantitative estimate of drug-likeness (QED) is 0.0205. The van der Waals surface area contributed by atoms with E-state index in [0.717, 1.165) is 57.8 Å². The molecule has 0 saturated heterocycles. The van der Waals surface area contributed by atoms with E-state index in [1.807, 2.05) is 33.3 Å². The van der Waals surface area contributed by atoms with Gasteiger partial charge in [0, 0.05) is 12.8 Å². The van der Waals surface area contributed by atoms with Crippen LogP contribution in [-0.2, 0) is 27.9 Å². The van der Waals surface area contributed by atoms with Crippen LogP contribution in [-0.4, -0.2) is 74.3 Å². The second-order valence-corrected chi connectivity index (χ2v) is 23.3. The molecule has 3 atom stereocenters. The van der Waals surface area contributed by atoms with Crippen molar-refractivity contribution in [2.24, 2.45) is 0 Å². The fraction of sp³-hybridized carbons (Fsp3) is 0.932. The summed E-state index contributed by atoms with van der Waals surface area (Å²) < 4.78 is 30.6. The largest absolute Gasteiger partial charge is 0.472 e. The molecule has 0 aliphatic carbocycles. The number of likely N-dealkylation sites (N-methyl/N-ethyl adjacent to an activating group) is 1. The van der Waals surface area contributed by atoms with Crippen molar-refractivity contribution in [3.05, 3.63) is 12.2 Å². The van der Waals surface area contributed by atoms with Gasteiger partial charge in [-0.1, -0.05) is 271 Å². The molecule has 2 N–H and O–H groups in total. The number of hydrogen-bond donors (Lipinski definition) is 2. The minimum atomic E-state index is -4.43. The fourth-order valence-electron chi connectivity index (χ4n) is 9.06. The smallest absolute Gasteiger partial charge is 0.456 e. The zero-order chi connectivity index (χ0) is 50.8. The Balaban J connectivity index is 5.11. The minimum absolute atomic E-state index is 0.0454. The molecule has 0 saturated carbocycles. The van der Waals surface area contributed by atoms with Crippen molar-refractivity contribution >= 4 is 19.7 Å². The number of hydrogen-bond acceptors (Lipinski definition) is 6. The number of phosphoric acid groups is 1. The van der Waals surface area contributed by atoms with Crippen molar-refractivity contribution in [3.8, 4) is 0 Å². The molecule has 0 aromatic carbocycles. The number of amides is 1. The highest BCUT2D eigenvalue weighted by molar-refractivity contribution is 7.47. The molecular weight excluding hydrogens is 880 g/mol. The van der Waals surface area contributed by atoms with E-state index in [4.69, 9.17) is 13.8 Å². The van der Waals surface area contributed by atoms with Gasteiger partial charge >= 0.3 is 13.8 Å². The van der Waals surface area contributed by atoms with Crippen LogP contribution in [0.2, 0.25) is 0 Å². The minimum Gasteiger partial charge on any atom is -0.456 e. The lowest BCUT2D eigenvalue weighted by atomic mass is 10.0. The monoisotopic (exact) mass is 998 g/mol. The first-order chi connectivity index (χ1) is 33.4. The first-order valence-corrected chi connectivity index (χ1v) is 31.5. The summed E-state index contributed by atoms with van der Waals surface area (Å²) in [7, 11) is 1.51. The molecule has 10 heteroatoms. The summed E-state index contributed by atoms with van der Waals surface area (Å²) >= 11 is 0. The summed E-state index contributed by atoms with van der Waals surface area (Å²) in [4.78, 5) is 37.5. The Morgan fingerprint density at radius 2 is 0.826 bits per heavy atom. The highest BCUT2D eigenvalue weighted by Gasteiger charge is 2.30. The van der Waals surface area contributed by atoms with Crippen LogP contribution >= 0.6 is 7.82 Å². The number of carbonyl (C=O) groups excluding carboxylic acids is 2. The zero-order valence-electron chi connectivity index (χ0n) is 46.8. The molecular formula is C59H118N2O7P+. The van der Waals surface area contributed by atoms with Crippen molar-refractivity contribution in [1.82, 2.24) is 5.32 Å². The van der Waals surface area contributed by atoms with Gasteiger partial charge in [0.1, 0.15) is 19.3 Å². The van der Waals surface area contributed by atoms with E-state index in [1.54, 1.807) is 0 Å². The normalized spacial score (nSPS) is 13.8. The summed E-state index contributed by atoms with van der Waals surface area (Å²) in [5.41, 5.74) is 0. The molecule has 1 amide bonds. The Hall–Kier alpha value is -1.25. The second kappa shape index (κ2) is 50.3. The number of ether oxygens (including phenoxy) is 1. The highest BCUT2D eigenvalue weighted by Crippen LogP contribution is 2.43. The standard InChI is InChI=1S/C59H117N2O7P/c1-7-10-13-16-19-22-25-26-27-28-29-30-31-32-33-34-37-40-43-46-49-52-59(63)68-57(50-47-44-41-38-35-23-20-17-14-11-8-2)56(55-67-69(64,65)66-54-53-61(4,5)6)60-58(62)51-48-45-42-39-36-24-21-18-15-12-9-3/h47,50,56-57H,7-46,48-49,51-55H2,1-6H3,(H-,60,62,64,65)/p+1/b50-47-. The van der Waals surface area contributed by atoms with Crippen LogP contribution in [0.4, 0.5) is 0 Å². The van der Waals surface area contributed by atoms with Gasteiger partial charge in [-0.3, -0.25) is 18.6 Å². The Labute approximate surface area is 429 Å². The van der Waals surface area contributed by atoms with E-state index in [2.05, 4.69) is 26.1 Å². The highest BCUT2D eigenvalue weighted by atomic mass is 31.2. The number of nitrogens with one attached hydrogen (secondary N) is 1. The summed E-state index contributed by atoms with van der Waals surface area (Å²) in [6.07, 6.45) is 56.4. The van der Waals surface area contributed by atoms with Crippen LogP contribution < -0.4 is 5.32 Å². The van der Waals surface area contributed by atoms with Crippen molar-refractivity contribution in [3.63, 3.8) is 0 Å². The zero-order valence-corrected chi connectivity index (χ0v) is 47.7. The predicted octanol–water partition coefficient (Wildman–Crippen LogP) is 18.0. The molecule has 410 valence electrons. The van der Waals surface area contributed by atoms with E-state index < -0.39 is 20.0 Å². The first kappa shape index (κ1) is 67.8. The lowest BCUT2D eigenvalue weighted by Gasteiger charge is -2.27. The molecule has 0 aromatic heterocycles. The predicted molar refractivity (Wildman–Crippen MR) is 296 cm³/mol. The van der Waals surface area contributed by atoms with Crippen LogP contribution in [0, 0.1) is 0 Å². The molecule has 0 radical (unpaired) electrons. The topological polar surface area (TPSA) is 111 Å². The second-order valence-electron chi connectivity index (χ2n) is 21.9. The van der Waals surface area contributed by atoms with Crippen molar-refractivity contribution < 1.29 is 37.3 Å². The maximum absolute atomic E-state index is 13.4. The third kappa shape index (κ3) is 51.5. The number of phosphoric ester groups is 1. The van der Waals surface area contributed by atoms with Gasteiger partial charge in [0.15, 0.2) is 0 Å². The number of nitrogens with zero attached hydrogens (tertiary/aromatic N) is 1. The molecule has 0 aliphatic rings. The maximum atomic E-state index is 13.4. The van der Waals surface area contributed by atoms with E-state index in [9.17, 15) is 19.0 Å². The maximum Gasteiger partial charge on any atom is 0.472 e. The third-order valence-electron chi connectivity index (χ3n) is 13.7. The molecule has 69 heavy (non-hydrogen) atoms. The van der Waals surface area contributed by atoms with Gasteiger partial charge < -0.3 is 19.4 Å². The summed E-state index contributed by atoms with van der Waals surface area (Å²) in [6, 6.07) is -0.837. The lowest BCUT2D eigenvalue weighted by Crippen LogP contribution is -2.47. The van der Waals surface area contributed by atoms with Gasteiger partial charge in [0.2, 0.25) is 5.91 Å². The molecule has 0 aromatic rings. The third-order valence-corrected chi connectivity index (χ3v) is 14.7. The Morgan fingerprint density at radius 1 is 0.493 bits per heavy atom. The molecule has 0 spiro atoms. The van der Waals surface area contributed by atoms with Crippen LogP contribution in [0.25, 0.3) is 0 Å². The van der Waals surface area contributed by atoms with Crippen molar-refractivity contribution in [2.75, 3.05) is 40.9 Å². The van der Waals surface area contributed by atoms with Crippen LogP contribution in [0.5, 0.6) is 0 Å². The first-order valence-electron chi connectivity index (χ1n) is 30.0. The Bertz CT molecular complexity index is 1190. The average Bonchev–Trinajstić information content (AvgIpc) is 3.31. The van der Waals surface area contributed by atoms with E-state index in [-0.39, 0.29) is 25.1 Å². The lowest BCUT2D eigenvalue weighted by molar-refractivity contribution is -0.870. The Kier molecular flexibility index (Phi) is 49.4. The SMILES string of the molecule is CCCCCCCCCCC/C=C\C(OC(=O)CCCCCCCCCCCCCCCCCCCCCCC)C(COP(=O)(O)OCC[N+](C)(C)C)NC(=O)CCCCCCCCCCCCC.